The van der Waals surface area contributed by atoms with Crippen molar-refractivity contribution in [1.29, 1.82) is 0 Å². The Morgan fingerprint density at radius 1 is 0.763 bits per heavy atom. The van der Waals surface area contributed by atoms with E-state index in [0.29, 0.717) is 31.4 Å². The van der Waals surface area contributed by atoms with Crippen LogP contribution in [0, 0.1) is 0 Å². The number of primary amides is 2. The van der Waals surface area contributed by atoms with Crippen LogP contribution in [0.2, 0.25) is 0 Å². The van der Waals surface area contributed by atoms with Crippen LogP contribution in [-0.4, -0.2) is 71.3 Å². The number of hydrogen-bond acceptors (Lipinski definition) is 8. The van der Waals surface area contributed by atoms with Gasteiger partial charge >= 0.3 is 5.97 Å². The number of carbonyl (C=O) groups is 6. The minimum atomic E-state index is -1.45. The first-order valence-corrected chi connectivity index (χ1v) is 12.1. The molecular formula is C24H37N7O7. The molecule has 0 heterocycles. The summed E-state index contributed by atoms with van der Waals surface area (Å²) in [6, 6.07) is 3.41. The Morgan fingerprint density at radius 2 is 1.34 bits per heavy atom. The molecule has 4 unspecified atom stereocenters. The monoisotopic (exact) mass is 535 g/mol. The van der Waals surface area contributed by atoms with Gasteiger partial charge in [-0.25, -0.2) is 4.79 Å². The molecule has 0 fully saturated rings. The van der Waals surface area contributed by atoms with Crippen LogP contribution >= 0.6 is 0 Å². The highest BCUT2D eigenvalue weighted by Gasteiger charge is 2.31. The molecule has 0 aliphatic heterocycles. The van der Waals surface area contributed by atoms with E-state index in [1.54, 1.807) is 30.3 Å². The number of carboxylic acid groups (broad SMARTS) is 1. The number of nitrogens with one attached hydrogen (secondary N) is 3. The van der Waals surface area contributed by atoms with Crippen molar-refractivity contribution in [2.45, 2.75) is 69.1 Å². The Morgan fingerprint density at radius 3 is 1.89 bits per heavy atom. The quantitative estimate of drug-likeness (QED) is 0.0912. The van der Waals surface area contributed by atoms with Crippen LogP contribution in [-0.2, 0) is 35.2 Å². The third-order valence-corrected chi connectivity index (χ3v) is 5.55. The number of nitrogens with two attached hydrogens (primary N) is 4. The molecule has 0 aliphatic rings. The average Bonchev–Trinajstić information content (AvgIpc) is 2.85. The summed E-state index contributed by atoms with van der Waals surface area (Å²) in [7, 11) is 0. The zero-order chi connectivity index (χ0) is 28.7. The molecular weight excluding hydrogens is 498 g/mol. The molecule has 0 aliphatic carbocycles. The van der Waals surface area contributed by atoms with E-state index in [2.05, 4.69) is 16.0 Å². The van der Waals surface area contributed by atoms with E-state index in [1.807, 2.05) is 0 Å². The zero-order valence-corrected chi connectivity index (χ0v) is 21.1. The van der Waals surface area contributed by atoms with Gasteiger partial charge in [-0.3, -0.25) is 24.0 Å². The molecule has 1 aromatic carbocycles. The van der Waals surface area contributed by atoms with E-state index in [1.165, 1.54) is 0 Å². The predicted molar refractivity (Wildman–Crippen MR) is 137 cm³/mol. The highest BCUT2D eigenvalue weighted by Crippen LogP contribution is 2.07. The number of aliphatic carboxylic acids is 1. The Bertz CT molecular complexity index is 974. The minimum Gasteiger partial charge on any atom is -0.480 e. The molecule has 0 saturated heterocycles. The van der Waals surface area contributed by atoms with Crippen molar-refractivity contribution in [3.05, 3.63) is 35.9 Å². The molecule has 0 radical (unpaired) electrons. The number of carboxylic acids is 1. The lowest BCUT2D eigenvalue weighted by Gasteiger charge is -2.25. The van der Waals surface area contributed by atoms with E-state index in [4.69, 9.17) is 22.9 Å². The molecule has 12 N–H and O–H groups in total. The number of amides is 5. The van der Waals surface area contributed by atoms with Gasteiger partial charge in [0.2, 0.25) is 29.5 Å². The first kappa shape index (κ1) is 32.0. The maximum Gasteiger partial charge on any atom is 0.326 e. The van der Waals surface area contributed by atoms with Gasteiger partial charge in [-0.05, 0) is 31.4 Å². The standard InChI is InChI=1S/C24H37N7O7/c25-11-5-4-8-15(26)21(34)30-18(13-20(28)33)23(36)31-17(12-14-6-2-1-3-7-14)22(35)29-16(24(37)38)9-10-19(27)32/h1-3,6-7,15-18H,4-5,8-13,25-26H2,(H2,27,32)(H2,28,33)(H,29,35)(H,30,34)(H,31,36)(H,37,38). The number of carbonyl (C=O) groups excluding carboxylic acids is 5. The second-order valence-electron chi connectivity index (χ2n) is 8.78. The summed E-state index contributed by atoms with van der Waals surface area (Å²) in [5.74, 6) is -5.47. The summed E-state index contributed by atoms with van der Waals surface area (Å²) in [5, 5.41) is 16.6. The normalized spacial score (nSPS) is 13.8. The molecule has 210 valence electrons. The van der Waals surface area contributed by atoms with Crippen molar-refractivity contribution in [3.63, 3.8) is 0 Å². The van der Waals surface area contributed by atoms with Crippen molar-refractivity contribution in [2.75, 3.05) is 6.54 Å². The highest BCUT2D eigenvalue weighted by molar-refractivity contribution is 5.96. The Kier molecular flexibility index (Phi) is 14.0. The second-order valence-corrected chi connectivity index (χ2v) is 8.78. The summed E-state index contributed by atoms with van der Waals surface area (Å²) in [4.78, 5) is 72.9. The van der Waals surface area contributed by atoms with Crippen molar-refractivity contribution in [1.82, 2.24) is 16.0 Å². The molecule has 0 saturated carbocycles. The maximum atomic E-state index is 13.1. The molecule has 14 heteroatoms. The topological polar surface area (TPSA) is 263 Å². The third-order valence-electron chi connectivity index (χ3n) is 5.55. The lowest BCUT2D eigenvalue weighted by Crippen LogP contribution is -2.58. The maximum absolute atomic E-state index is 13.1. The molecule has 0 bridgehead atoms. The van der Waals surface area contributed by atoms with Crippen LogP contribution < -0.4 is 38.9 Å². The summed E-state index contributed by atoms with van der Waals surface area (Å²) in [6.45, 7) is 0.428. The Hall–Kier alpha value is -4.04. The van der Waals surface area contributed by atoms with Gasteiger partial charge in [-0.2, -0.15) is 0 Å². The molecule has 14 nitrogen and oxygen atoms in total. The Balaban J connectivity index is 3.08. The van der Waals surface area contributed by atoms with E-state index in [9.17, 15) is 33.9 Å². The number of hydrogen-bond donors (Lipinski definition) is 8. The van der Waals surface area contributed by atoms with Gasteiger partial charge in [0.1, 0.15) is 18.1 Å². The number of rotatable bonds is 18. The van der Waals surface area contributed by atoms with Crippen LogP contribution in [0.15, 0.2) is 30.3 Å². The summed E-state index contributed by atoms with van der Waals surface area (Å²) in [5.41, 5.74) is 22.3. The summed E-state index contributed by atoms with van der Waals surface area (Å²) in [6.07, 6.45) is 0.376. The van der Waals surface area contributed by atoms with Gasteiger partial charge in [0.15, 0.2) is 0 Å². The van der Waals surface area contributed by atoms with Crippen LogP contribution in [0.25, 0.3) is 0 Å². The molecule has 1 rings (SSSR count). The fourth-order valence-corrected chi connectivity index (χ4v) is 3.48. The molecule has 5 amide bonds. The van der Waals surface area contributed by atoms with Crippen LogP contribution in [0.3, 0.4) is 0 Å². The second kappa shape index (κ2) is 16.7. The van der Waals surface area contributed by atoms with Crippen molar-refractivity contribution >= 4 is 35.5 Å². The lowest BCUT2D eigenvalue weighted by molar-refractivity contribution is -0.142. The molecule has 4 atom stereocenters. The summed E-state index contributed by atoms with van der Waals surface area (Å²) < 4.78 is 0. The van der Waals surface area contributed by atoms with Gasteiger partial charge in [-0.1, -0.05) is 36.8 Å². The van der Waals surface area contributed by atoms with Gasteiger partial charge in [0.05, 0.1) is 12.5 Å². The molecule has 0 spiro atoms. The van der Waals surface area contributed by atoms with E-state index >= 15 is 0 Å². The molecule has 38 heavy (non-hydrogen) atoms. The smallest absolute Gasteiger partial charge is 0.326 e. The first-order chi connectivity index (χ1) is 17.9. The summed E-state index contributed by atoms with van der Waals surface area (Å²) >= 11 is 0. The fourth-order valence-electron chi connectivity index (χ4n) is 3.48. The van der Waals surface area contributed by atoms with E-state index in [-0.39, 0.29) is 19.3 Å². The molecule has 1 aromatic rings. The highest BCUT2D eigenvalue weighted by atomic mass is 16.4. The lowest BCUT2D eigenvalue weighted by atomic mass is 10.0. The van der Waals surface area contributed by atoms with Gasteiger partial charge in [0.25, 0.3) is 0 Å². The number of benzene rings is 1. The van der Waals surface area contributed by atoms with Crippen molar-refractivity contribution in [3.8, 4) is 0 Å². The van der Waals surface area contributed by atoms with Gasteiger partial charge in [0, 0.05) is 12.8 Å². The zero-order valence-electron chi connectivity index (χ0n) is 21.1. The fraction of sp³-hybridized carbons (Fsp3) is 0.500. The SMILES string of the molecule is NCCCCC(N)C(=O)NC(CC(N)=O)C(=O)NC(Cc1ccccc1)C(=O)NC(CCC(N)=O)C(=O)O. The predicted octanol–water partition coefficient (Wildman–Crippen LogP) is -2.63. The largest absolute Gasteiger partial charge is 0.480 e. The van der Waals surface area contributed by atoms with Crippen LogP contribution in [0.4, 0.5) is 0 Å². The molecule has 0 aromatic heterocycles. The van der Waals surface area contributed by atoms with E-state index in [0.717, 1.165) is 0 Å². The minimum absolute atomic E-state index is 0.0452. The van der Waals surface area contributed by atoms with Crippen molar-refractivity contribution < 1.29 is 33.9 Å². The van der Waals surface area contributed by atoms with Crippen LogP contribution in [0.5, 0.6) is 0 Å². The first-order valence-electron chi connectivity index (χ1n) is 12.1. The number of unbranched alkanes of at least 4 members (excludes halogenated alkanes) is 1. The van der Waals surface area contributed by atoms with E-state index < -0.39 is 66.1 Å². The van der Waals surface area contributed by atoms with Gasteiger partial charge in [-0.15, -0.1) is 0 Å². The van der Waals surface area contributed by atoms with Crippen molar-refractivity contribution in [2.24, 2.45) is 22.9 Å². The third kappa shape index (κ3) is 12.3. The Labute approximate surface area is 220 Å². The average molecular weight is 536 g/mol. The van der Waals surface area contributed by atoms with Gasteiger partial charge < -0.3 is 44.0 Å². The van der Waals surface area contributed by atoms with Crippen LogP contribution in [0.1, 0.15) is 44.1 Å².